The van der Waals surface area contributed by atoms with E-state index in [1.807, 2.05) is 117 Å². The number of hydrogen-bond acceptors (Lipinski definition) is 9. The standard InChI is InChI=1S/C24H24Cl2N2O.C17H20N2O.C15H12N2O/c1-24(2,28-14-16-13-17(25)7-10-22(16)26)21-15-27-12-11-19(21)20-5-3-4-6-23(20)29-18-8-9-18;1-17(2,18)15-11-19-10-9-13(15)14-5-3-4-6-16(14)20-12-7-8-12;16-9-11-10-17-8-7-13(11)14-3-1-2-4-15(14)18-12-5-6-12/h3-7,10-13,15,18,28H,8-9,14H2,1-2H3;3-6,9-12H,7-8,18H2,1-2H3;1-4,7-8,10,12H,5-6H2. The molecule has 3 aliphatic carbocycles. The minimum atomic E-state index is -0.434. The summed E-state index contributed by atoms with van der Waals surface area (Å²) in [4.78, 5) is 12.6. The van der Waals surface area contributed by atoms with Crippen molar-refractivity contribution in [3.63, 3.8) is 0 Å². The highest BCUT2D eigenvalue weighted by molar-refractivity contribution is 6.33. The maximum atomic E-state index is 9.13. The minimum Gasteiger partial charge on any atom is -0.490 e. The van der Waals surface area contributed by atoms with Crippen LogP contribution in [-0.2, 0) is 17.6 Å². The lowest BCUT2D eigenvalue weighted by molar-refractivity contribution is 0.304. The van der Waals surface area contributed by atoms with Gasteiger partial charge in [-0.3, -0.25) is 15.0 Å². The predicted molar refractivity (Wildman–Crippen MR) is 268 cm³/mol. The molecule has 3 aliphatic rings. The van der Waals surface area contributed by atoms with Crippen LogP contribution in [0.15, 0.2) is 146 Å². The zero-order chi connectivity index (χ0) is 47.0. The van der Waals surface area contributed by atoms with Crippen LogP contribution >= 0.6 is 23.2 Å². The first-order valence-electron chi connectivity index (χ1n) is 22.9. The smallest absolute Gasteiger partial charge is 0.127 e. The van der Waals surface area contributed by atoms with Crippen LogP contribution in [0.3, 0.4) is 0 Å². The van der Waals surface area contributed by atoms with E-state index in [-0.39, 0.29) is 5.54 Å². The Kier molecular flexibility index (Phi) is 14.9. The average Bonchev–Trinajstić information content (AvgIpc) is 4.19. The lowest BCUT2D eigenvalue weighted by Crippen LogP contribution is -2.36. The molecule has 0 spiro atoms. The molecule has 3 saturated carbocycles. The number of pyridine rings is 3. The first-order valence-corrected chi connectivity index (χ1v) is 23.6. The molecular formula is C56H56Cl2N6O3. The molecule has 342 valence electrons. The maximum absolute atomic E-state index is 9.13. The van der Waals surface area contributed by atoms with E-state index in [9.17, 15) is 0 Å². The Labute approximate surface area is 404 Å². The van der Waals surface area contributed by atoms with Gasteiger partial charge >= 0.3 is 0 Å². The third kappa shape index (κ3) is 12.6. The molecule has 0 atom stereocenters. The van der Waals surface area contributed by atoms with Gasteiger partial charge in [-0.15, -0.1) is 0 Å². The van der Waals surface area contributed by atoms with Crippen LogP contribution in [0.4, 0.5) is 0 Å². The number of aromatic nitrogens is 3. The predicted octanol–water partition coefficient (Wildman–Crippen LogP) is 13.3. The van der Waals surface area contributed by atoms with E-state index in [1.54, 1.807) is 24.7 Å². The van der Waals surface area contributed by atoms with Gasteiger partial charge in [-0.2, -0.15) is 5.26 Å². The van der Waals surface area contributed by atoms with E-state index in [0.717, 1.165) is 106 Å². The molecular weight excluding hydrogens is 876 g/mol. The van der Waals surface area contributed by atoms with E-state index >= 15 is 0 Å². The number of para-hydroxylation sites is 3. The third-order valence-corrected chi connectivity index (χ3v) is 12.3. The van der Waals surface area contributed by atoms with Gasteiger partial charge < -0.3 is 25.3 Å². The Hall–Kier alpha value is -6.28. The molecule has 9 nitrogen and oxygen atoms in total. The lowest BCUT2D eigenvalue weighted by atomic mass is 9.88. The van der Waals surface area contributed by atoms with Gasteiger partial charge in [0.15, 0.2) is 0 Å². The van der Waals surface area contributed by atoms with Gasteiger partial charge in [0.25, 0.3) is 0 Å². The topological polar surface area (TPSA) is 128 Å². The number of nitrogens with zero attached hydrogens (tertiary/aromatic N) is 4. The molecule has 0 radical (unpaired) electrons. The summed E-state index contributed by atoms with van der Waals surface area (Å²) in [6.07, 6.45) is 18.6. The van der Waals surface area contributed by atoms with E-state index in [0.29, 0.717) is 40.5 Å². The summed E-state index contributed by atoms with van der Waals surface area (Å²) in [6, 6.07) is 37.8. The van der Waals surface area contributed by atoms with Crippen LogP contribution in [0.5, 0.6) is 17.2 Å². The maximum Gasteiger partial charge on any atom is 0.127 e. The van der Waals surface area contributed by atoms with Crippen molar-refractivity contribution in [2.75, 3.05) is 0 Å². The zero-order valence-electron chi connectivity index (χ0n) is 38.4. The summed E-state index contributed by atoms with van der Waals surface area (Å²) >= 11 is 12.5. The SMILES string of the molecule is CC(C)(N)c1cnccc1-c1ccccc1OC1CC1.CC(C)(NCc1cc(Cl)ccc1Cl)c1cnccc1-c1ccccc1OC1CC1.N#Cc1cnccc1-c1ccccc1OC1CC1. The molecule has 10 rings (SSSR count). The molecule has 7 aromatic rings. The minimum absolute atomic E-state index is 0.345. The van der Waals surface area contributed by atoms with Crippen LogP contribution in [0.2, 0.25) is 10.0 Å². The Morgan fingerprint density at radius 2 is 1.01 bits per heavy atom. The molecule has 3 heterocycles. The fourth-order valence-corrected chi connectivity index (χ4v) is 7.93. The number of halogens is 2. The largest absolute Gasteiger partial charge is 0.490 e. The first kappa shape index (κ1) is 47.2. The van der Waals surface area contributed by atoms with E-state index in [1.165, 1.54) is 0 Å². The fourth-order valence-electron chi connectivity index (χ4n) is 7.55. The molecule has 4 aromatic carbocycles. The summed E-state index contributed by atoms with van der Waals surface area (Å²) in [6.45, 7) is 8.89. The second-order valence-corrected chi connectivity index (χ2v) is 19.1. The second-order valence-electron chi connectivity index (χ2n) is 18.3. The van der Waals surface area contributed by atoms with Crippen LogP contribution < -0.4 is 25.3 Å². The number of nitriles is 1. The van der Waals surface area contributed by atoms with Crippen LogP contribution in [0.25, 0.3) is 33.4 Å². The summed E-state index contributed by atoms with van der Waals surface area (Å²) in [5.74, 6) is 2.71. The number of benzene rings is 4. The van der Waals surface area contributed by atoms with Gasteiger partial charge in [-0.05, 0) is 149 Å². The quantitative estimate of drug-likeness (QED) is 0.110. The van der Waals surface area contributed by atoms with Crippen molar-refractivity contribution in [2.24, 2.45) is 5.73 Å². The summed E-state index contributed by atoms with van der Waals surface area (Å²) in [5.41, 5.74) is 15.4. The number of ether oxygens (including phenoxy) is 3. The number of hydrogen-bond donors (Lipinski definition) is 2. The first-order chi connectivity index (χ1) is 32.4. The van der Waals surface area contributed by atoms with Crippen LogP contribution in [-0.4, -0.2) is 33.3 Å². The van der Waals surface area contributed by atoms with Crippen LogP contribution in [0, 0.1) is 11.3 Å². The highest BCUT2D eigenvalue weighted by Gasteiger charge is 2.29. The Morgan fingerprint density at radius 1 is 0.582 bits per heavy atom. The van der Waals surface area contributed by atoms with Crippen molar-refractivity contribution in [2.45, 2.75) is 102 Å². The number of nitrogens with two attached hydrogens (primary N) is 1. The molecule has 0 aliphatic heterocycles. The molecule has 67 heavy (non-hydrogen) atoms. The van der Waals surface area contributed by atoms with Crippen LogP contribution in [0.1, 0.15) is 88.5 Å². The van der Waals surface area contributed by atoms with Crippen molar-refractivity contribution < 1.29 is 14.2 Å². The highest BCUT2D eigenvalue weighted by atomic mass is 35.5. The molecule has 0 bridgehead atoms. The van der Waals surface area contributed by atoms with Crippen molar-refractivity contribution in [1.29, 1.82) is 5.26 Å². The van der Waals surface area contributed by atoms with Gasteiger partial charge in [-0.25, -0.2) is 0 Å². The van der Waals surface area contributed by atoms with E-state index < -0.39 is 5.54 Å². The lowest BCUT2D eigenvalue weighted by Gasteiger charge is -2.30. The average molecular weight is 932 g/mol. The van der Waals surface area contributed by atoms with Gasteiger partial charge in [0.2, 0.25) is 0 Å². The fraction of sp³-hybridized carbons (Fsp3) is 0.286. The van der Waals surface area contributed by atoms with Gasteiger partial charge in [0.1, 0.15) is 23.3 Å². The molecule has 3 N–H and O–H groups in total. The normalized spacial score (nSPS) is 14.4. The highest BCUT2D eigenvalue weighted by Crippen LogP contribution is 2.41. The molecule has 0 unspecified atom stereocenters. The summed E-state index contributed by atoms with van der Waals surface area (Å²) in [7, 11) is 0. The molecule has 11 heteroatoms. The van der Waals surface area contributed by atoms with Crippen molar-refractivity contribution in [3.8, 4) is 56.7 Å². The Morgan fingerprint density at radius 3 is 1.49 bits per heavy atom. The molecule has 0 amide bonds. The van der Waals surface area contributed by atoms with Gasteiger partial charge in [-0.1, -0.05) is 77.8 Å². The summed E-state index contributed by atoms with van der Waals surface area (Å²) in [5, 5.41) is 14.1. The number of rotatable bonds is 14. The van der Waals surface area contributed by atoms with Gasteiger partial charge in [0, 0.05) is 87.1 Å². The van der Waals surface area contributed by atoms with E-state index in [2.05, 4.69) is 58.4 Å². The number of nitrogens with one attached hydrogen (secondary N) is 1. The van der Waals surface area contributed by atoms with Gasteiger partial charge in [0.05, 0.1) is 23.9 Å². The Balaban J connectivity index is 0.000000141. The van der Waals surface area contributed by atoms with Crippen molar-refractivity contribution in [3.05, 3.63) is 179 Å². The second kappa shape index (κ2) is 21.1. The van der Waals surface area contributed by atoms with Crippen molar-refractivity contribution in [1.82, 2.24) is 20.3 Å². The Bertz CT molecular complexity index is 2840. The molecule has 0 saturated heterocycles. The third-order valence-electron chi connectivity index (χ3n) is 11.7. The molecule has 3 fully saturated rings. The van der Waals surface area contributed by atoms with E-state index in [4.69, 9.17) is 48.4 Å². The molecule has 3 aromatic heterocycles. The van der Waals surface area contributed by atoms with Crippen molar-refractivity contribution >= 4 is 23.2 Å². The zero-order valence-corrected chi connectivity index (χ0v) is 39.9. The monoisotopic (exact) mass is 930 g/mol. The summed E-state index contributed by atoms with van der Waals surface area (Å²) < 4.78 is 18.1.